The molecule has 148 valence electrons. The van der Waals surface area contributed by atoms with Crippen molar-refractivity contribution in [1.29, 1.82) is 0 Å². The Morgan fingerprint density at radius 1 is 1.14 bits per heavy atom. The molecule has 2 aromatic carbocycles. The normalized spacial score (nSPS) is 11.2. The van der Waals surface area contributed by atoms with Crippen molar-refractivity contribution in [2.45, 2.75) is 13.0 Å². The van der Waals surface area contributed by atoms with Crippen LogP contribution in [0.2, 0.25) is 0 Å². The number of amides is 2. The number of non-ortho nitro benzene ring substituents is 1. The lowest BCUT2D eigenvalue weighted by atomic mass is 10.1. The molecule has 0 saturated carbocycles. The minimum Gasteiger partial charge on any atom is -0.497 e. The van der Waals surface area contributed by atoms with Gasteiger partial charge >= 0.3 is 0 Å². The number of rotatable bonds is 8. The van der Waals surface area contributed by atoms with Crippen molar-refractivity contribution < 1.29 is 24.0 Å². The Balaban J connectivity index is 1.98. The van der Waals surface area contributed by atoms with E-state index in [2.05, 4.69) is 10.6 Å². The molecule has 2 amide bonds. The summed E-state index contributed by atoms with van der Waals surface area (Å²) in [5.74, 6) is 0.215. The fraction of sp³-hybridized carbons (Fsp3) is 0.263. The first kappa shape index (κ1) is 20.7. The Kier molecular flexibility index (Phi) is 6.91. The fourth-order valence-corrected chi connectivity index (χ4v) is 2.57. The van der Waals surface area contributed by atoms with Gasteiger partial charge in [-0.1, -0.05) is 6.07 Å². The average Bonchev–Trinajstić information content (AvgIpc) is 2.71. The van der Waals surface area contributed by atoms with Gasteiger partial charge < -0.3 is 20.1 Å². The number of nitro groups is 1. The number of nitrogens with one attached hydrogen (secondary N) is 2. The summed E-state index contributed by atoms with van der Waals surface area (Å²) in [5, 5.41) is 16.0. The third-order valence-corrected chi connectivity index (χ3v) is 4.01. The molecular weight excluding hydrogens is 366 g/mol. The number of benzene rings is 2. The van der Waals surface area contributed by atoms with Gasteiger partial charge in [-0.05, 0) is 31.2 Å². The van der Waals surface area contributed by atoms with E-state index in [4.69, 9.17) is 9.47 Å². The summed E-state index contributed by atoms with van der Waals surface area (Å²) in [6.07, 6.45) is 0. The van der Waals surface area contributed by atoms with Crippen molar-refractivity contribution >= 4 is 17.5 Å². The van der Waals surface area contributed by atoms with Gasteiger partial charge in [-0.2, -0.15) is 0 Å². The van der Waals surface area contributed by atoms with E-state index >= 15 is 0 Å². The Hall–Kier alpha value is -3.62. The van der Waals surface area contributed by atoms with Crippen LogP contribution in [0.15, 0.2) is 42.5 Å². The van der Waals surface area contributed by atoms with Crippen molar-refractivity contribution in [2.24, 2.45) is 0 Å². The van der Waals surface area contributed by atoms with Crippen LogP contribution in [0.5, 0.6) is 11.5 Å². The molecule has 9 heteroatoms. The van der Waals surface area contributed by atoms with Crippen molar-refractivity contribution in [3.05, 3.63) is 63.7 Å². The number of ether oxygens (including phenoxy) is 2. The molecule has 0 saturated heterocycles. The molecule has 28 heavy (non-hydrogen) atoms. The van der Waals surface area contributed by atoms with Gasteiger partial charge in [0.15, 0.2) is 0 Å². The third kappa shape index (κ3) is 5.19. The first-order valence-corrected chi connectivity index (χ1v) is 8.39. The second-order valence-electron chi connectivity index (χ2n) is 5.89. The maximum atomic E-state index is 12.2. The highest BCUT2D eigenvalue weighted by atomic mass is 16.6. The lowest BCUT2D eigenvalue weighted by molar-refractivity contribution is -0.384. The van der Waals surface area contributed by atoms with E-state index in [0.717, 1.165) is 11.6 Å². The van der Waals surface area contributed by atoms with Crippen LogP contribution in [0.4, 0.5) is 5.69 Å². The lowest BCUT2D eigenvalue weighted by Crippen LogP contribution is -2.38. The van der Waals surface area contributed by atoms with Gasteiger partial charge in [0.05, 0.1) is 31.7 Å². The number of hydrogen-bond acceptors (Lipinski definition) is 6. The minimum absolute atomic E-state index is 0.101. The molecule has 0 radical (unpaired) electrons. The van der Waals surface area contributed by atoms with Crippen molar-refractivity contribution in [1.82, 2.24) is 10.6 Å². The molecule has 0 bridgehead atoms. The molecule has 0 aliphatic rings. The third-order valence-electron chi connectivity index (χ3n) is 4.01. The Labute approximate surface area is 161 Å². The van der Waals surface area contributed by atoms with Crippen molar-refractivity contribution in [3.63, 3.8) is 0 Å². The van der Waals surface area contributed by atoms with E-state index in [1.165, 1.54) is 32.4 Å². The predicted molar refractivity (Wildman–Crippen MR) is 102 cm³/mol. The molecule has 0 unspecified atom stereocenters. The Morgan fingerprint density at radius 3 is 2.54 bits per heavy atom. The smallest absolute Gasteiger partial charge is 0.270 e. The predicted octanol–water partition coefficient (Wildman–Crippen LogP) is 2.22. The van der Waals surface area contributed by atoms with Gasteiger partial charge in [0.25, 0.3) is 11.6 Å². The van der Waals surface area contributed by atoms with Gasteiger partial charge in [-0.25, -0.2) is 0 Å². The first-order chi connectivity index (χ1) is 13.3. The van der Waals surface area contributed by atoms with Crippen LogP contribution in [-0.2, 0) is 4.79 Å². The summed E-state index contributed by atoms with van der Waals surface area (Å²) in [4.78, 5) is 34.5. The van der Waals surface area contributed by atoms with E-state index in [1.54, 1.807) is 25.1 Å². The number of nitro benzene ring substituents is 1. The van der Waals surface area contributed by atoms with Crippen LogP contribution in [0, 0.1) is 10.1 Å². The molecule has 0 heterocycles. The second kappa shape index (κ2) is 9.36. The SMILES string of the molecule is COc1ccc(OC)c([C@H](C)NC(=O)CNC(=O)c2cccc([N+](=O)[O-])c2)c1. The number of nitrogens with zero attached hydrogens (tertiary/aromatic N) is 1. The molecule has 0 aliphatic heterocycles. The Morgan fingerprint density at radius 2 is 1.89 bits per heavy atom. The quantitative estimate of drug-likeness (QED) is 0.529. The zero-order chi connectivity index (χ0) is 20.7. The molecule has 2 rings (SSSR count). The van der Waals surface area contributed by atoms with Crippen LogP contribution >= 0.6 is 0 Å². The van der Waals surface area contributed by atoms with Gasteiger partial charge in [0.1, 0.15) is 11.5 Å². The van der Waals surface area contributed by atoms with E-state index < -0.39 is 22.8 Å². The minimum atomic E-state index is -0.591. The van der Waals surface area contributed by atoms with E-state index in [9.17, 15) is 19.7 Å². The molecular formula is C19H21N3O6. The maximum absolute atomic E-state index is 12.2. The molecule has 0 aromatic heterocycles. The van der Waals surface area contributed by atoms with E-state index in [-0.39, 0.29) is 17.8 Å². The van der Waals surface area contributed by atoms with Crippen molar-refractivity contribution in [2.75, 3.05) is 20.8 Å². The highest BCUT2D eigenvalue weighted by molar-refractivity contribution is 5.97. The first-order valence-electron chi connectivity index (χ1n) is 8.39. The second-order valence-corrected chi connectivity index (χ2v) is 5.89. The van der Waals surface area contributed by atoms with Crippen LogP contribution in [0.3, 0.4) is 0 Å². The zero-order valence-corrected chi connectivity index (χ0v) is 15.7. The largest absolute Gasteiger partial charge is 0.497 e. The fourth-order valence-electron chi connectivity index (χ4n) is 2.57. The van der Waals surface area contributed by atoms with E-state index in [1.807, 2.05) is 0 Å². The standard InChI is InChI=1S/C19H21N3O6/c1-12(16-10-15(27-2)7-8-17(16)28-3)21-18(23)11-20-19(24)13-5-4-6-14(9-13)22(25)26/h4-10,12H,11H2,1-3H3,(H,20,24)(H,21,23)/t12-/m0/s1. The summed E-state index contributed by atoms with van der Waals surface area (Å²) >= 11 is 0. The van der Waals surface area contributed by atoms with Crippen LogP contribution in [0.1, 0.15) is 28.9 Å². The summed E-state index contributed by atoms with van der Waals surface area (Å²) in [6, 6.07) is 10.1. The number of hydrogen-bond donors (Lipinski definition) is 2. The molecule has 2 N–H and O–H groups in total. The lowest BCUT2D eigenvalue weighted by Gasteiger charge is -2.18. The average molecular weight is 387 g/mol. The number of carbonyl (C=O) groups is 2. The highest BCUT2D eigenvalue weighted by Crippen LogP contribution is 2.29. The van der Waals surface area contributed by atoms with Gasteiger partial charge in [-0.15, -0.1) is 0 Å². The molecule has 0 spiro atoms. The van der Waals surface area contributed by atoms with Crippen LogP contribution in [-0.4, -0.2) is 37.5 Å². The molecule has 0 fully saturated rings. The Bertz CT molecular complexity index is 884. The maximum Gasteiger partial charge on any atom is 0.270 e. The molecule has 9 nitrogen and oxygen atoms in total. The van der Waals surface area contributed by atoms with E-state index in [0.29, 0.717) is 11.5 Å². The van der Waals surface area contributed by atoms with Gasteiger partial charge in [0.2, 0.25) is 5.91 Å². The number of carbonyl (C=O) groups excluding carboxylic acids is 2. The summed E-state index contributed by atoms with van der Waals surface area (Å²) < 4.78 is 10.5. The monoisotopic (exact) mass is 387 g/mol. The summed E-state index contributed by atoms with van der Waals surface area (Å²) in [5.41, 5.74) is 0.626. The van der Waals surface area contributed by atoms with Crippen LogP contribution in [0.25, 0.3) is 0 Å². The van der Waals surface area contributed by atoms with Gasteiger partial charge in [0, 0.05) is 23.3 Å². The van der Waals surface area contributed by atoms with Crippen LogP contribution < -0.4 is 20.1 Å². The number of methoxy groups -OCH3 is 2. The van der Waals surface area contributed by atoms with Gasteiger partial charge in [-0.3, -0.25) is 19.7 Å². The molecule has 2 aromatic rings. The zero-order valence-electron chi connectivity index (χ0n) is 15.7. The molecule has 0 aliphatic carbocycles. The topological polar surface area (TPSA) is 120 Å². The summed E-state index contributed by atoms with van der Waals surface area (Å²) in [6.45, 7) is 1.50. The molecule has 1 atom stereocenters. The highest BCUT2D eigenvalue weighted by Gasteiger charge is 2.17. The summed E-state index contributed by atoms with van der Waals surface area (Å²) in [7, 11) is 3.07. The van der Waals surface area contributed by atoms with Crippen molar-refractivity contribution in [3.8, 4) is 11.5 Å².